The largest absolute Gasteiger partial charge is 0.381 e. The Hall–Kier alpha value is -0.390. The Labute approximate surface area is 117 Å². The number of hydrogen-bond acceptors (Lipinski definition) is 3. The molecule has 0 amide bonds. The summed E-state index contributed by atoms with van der Waals surface area (Å²) in [5.41, 5.74) is 2.36. The zero-order valence-electron chi connectivity index (χ0n) is 11.4. The average molecular weight is 316 g/mol. The van der Waals surface area contributed by atoms with Crippen molar-refractivity contribution in [3.05, 3.63) is 15.9 Å². The van der Waals surface area contributed by atoms with Crippen LogP contribution in [0.25, 0.3) is 0 Å². The van der Waals surface area contributed by atoms with Crippen LogP contribution in [0.5, 0.6) is 0 Å². The van der Waals surface area contributed by atoms with E-state index in [1.807, 2.05) is 11.7 Å². The third-order valence-electron chi connectivity index (χ3n) is 3.78. The maximum atomic E-state index is 5.40. The van der Waals surface area contributed by atoms with Crippen LogP contribution in [-0.2, 0) is 24.8 Å². The van der Waals surface area contributed by atoms with E-state index >= 15 is 0 Å². The van der Waals surface area contributed by atoms with Gasteiger partial charge in [-0.2, -0.15) is 5.10 Å². The van der Waals surface area contributed by atoms with Gasteiger partial charge < -0.3 is 10.1 Å². The lowest BCUT2D eigenvalue weighted by Gasteiger charge is -2.13. The molecule has 4 nitrogen and oxygen atoms in total. The Morgan fingerprint density at radius 3 is 2.83 bits per heavy atom. The summed E-state index contributed by atoms with van der Waals surface area (Å²) in [5.74, 6) is 0. The second-order valence-electron chi connectivity index (χ2n) is 4.93. The fraction of sp³-hybridized carbons (Fsp3) is 0.769. The predicted octanol–water partition coefficient (Wildman–Crippen LogP) is 2.40. The van der Waals surface area contributed by atoms with Gasteiger partial charge in [-0.05, 0) is 41.6 Å². The first-order chi connectivity index (χ1) is 8.65. The molecule has 2 atom stereocenters. The Morgan fingerprint density at radius 2 is 2.28 bits per heavy atom. The molecule has 1 fully saturated rings. The summed E-state index contributed by atoms with van der Waals surface area (Å²) in [6.45, 7) is 3.00. The van der Waals surface area contributed by atoms with Crippen molar-refractivity contribution >= 4 is 15.9 Å². The van der Waals surface area contributed by atoms with Gasteiger partial charge in [-0.1, -0.05) is 6.92 Å². The molecular formula is C13H22BrN3O. The van der Waals surface area contributed by atoms with Gasteiger partial charge in [0.05, 0.1) is 22.0 Å². The molecule has 1 saturated carbocycles. The molecule has 0 spiro atoms. The second kappa shape index (κ2) is 6.17. The van der Waals surface area contributed by atoms with Gasteiger partial charge in [0.1, 0.15) is 0 Å². The number of ether oxygens (including phenoxy) is 1. The van der Waals surface area contributed by atoms with Crippen molar-refractivity contribution < 1.29 is 4.74 Å². The lowest BCUT2D eigenvalue weighted by Crippen LogP contribution is -2.27. The quantitative estimate of drug-likeness (QED) is 0.907. The van der Waals surface area contributed by atoms with E-state index < -0.39 is 0 Å². The van der Waals surface area contributed by atoms with E-state index in [1.165, 1.54) is 18.5 Å². The topological polar surface area (TPSA) is 39.1 Å². The first kappa shape index (κ1) is 14.0. The van der Waals surface area contributed by atoms with Crippen LogP contribution >= 0.6 is 15.9 Å². The molecular weight excluding hydrogens is 294 g/mol. The zero-order valence-corrected chi connectivity index (χ0v) is 13.0. The molecule has 1 N–H and O–H groups in total. The molecule has 0 radical (unpaired) electrons. The van der Waals surface area contributed by atoms with Crippen LogP contribution in [0, 0.1) is 0 Å². The number of aryl methyl sites for hydroxylation is 2. The number of hydrogen-bond donors (Lipinski definition) is 1. The third kappa shape index (κ3) is 2.95. The van der Waals surface area contributed by atoms with Gasteiger partial charge in [-0.3, -0.25) is 4.68 Å². The Bertz CT molecular complexity index is 405. The monoisotopic (exact) mass is 315 g/mol. The van der Waals surface area contributed by atoms with Crippen molar-refractivity contribution in [3.63, 3.8) is 0 Å². The van der Waals surface area contributed by atoms with Crippen LogP contribution in [0.2, 0.25) is 0 Å². The highest BCUT2D eigenvalue weighted by molar-refractivity contribution is 9.10. The van der Waals surface area contributed by atoms with Gasteiger partial charge in [0.15, 0.2) is 0 Å². The number of rotatable bonds is 5. The van der Waals surface area contributed by atoms with Crippen LogP contribution in [0.4, 0.5) is 0 Å². The second-order valence-corrected chi connectivity index (χ2v) is 5.73. The first-order valence-corrected chi connectivity index (χ1v) is 7.41. The normalized spacial score (nSPS) is 23.8. The molecule has 0 aromatic carbocycles. The molecule has 2 rings (SSSR count). The first-order valence-electron chi connectivity index (χ1n) is 6.62. The Balaban J connectivity index is 1.92. The minimum atomic E-state index is 0.434. The third-order valence-corrected chi connectivity index (χ3v) is 4.69. The maximum absolute atomic E-state index is 5.40. The summed E-state index contributed by atoms with van der Waals surface area (Å²) in [7, 11) is 3.81. The zero-order chi connectivity index (χ0) is 13.1. The van der Waals surface area contributed by atoms with Crippen molar-refractivity contribution in [1.82, 2.24) is 15.1 Å². The van der Waals surface area contributed by atoms with Gasteiger partial charge in [0.2, 0.25) is 0 Å². The highest BCUT2D eigenvalue weighted by Gasteiger charge is 2.24. The number of halogens is 1. The summed E-state index contributed by atoms with van der Waals surface area (Å²) in [6.07, 6.45) is 4.88. The number of nitrogens with zero attached hydrogens (tertiary/aromatic N) is 2. The fourth-order valence-corrected chi connectivity index (χ4v) is 3.35. The lowest BCUT2D eigenvalue weighted by molar-refractivity contribution is 0.107. The van der Waals surface area contributed by atoms with Crippen molar-refractivity contribution in [2.75, 3.05) is 7.11 Å². The van der Waals surface area contributed by atoms with Gasteiger partial charge >= 0.3 is 0 Å². The Morgan fingerprint density at radius 1 is 1.50 bits per heavy atom. The van der Waals surface area contributed by atoms with Crippen molar-refractivity contribution in [1.29, 1.82) is 0 Å². The minimum absolute atomic E-state index is 0.434. The molecule has 1 aliphatic rings. The molecule has 18 heavy (non-hydrogen) atoms. The minimum Gasteiger partial charge on any atom is -0.381 e. The van der Waals surface area contributed by atoms with Crippen LogP contribution in [0.15, 0.2) is 4.47 Å². The summed E-state index contributed by atoms with van der Waals surface area (Å²) in [4.78, 5) is 0. The predicted molar refractivity (Wildman–Crippen MR) is 75.6 cm³/mol. The van der Waals surface area contributed by atoms with E-state index in [0.717, 1.165) is 29.6 Å². The van der Waals surface area contributed by atoms with Crippen molar-refractivity contribution in [2.24, 2.45) is 7.05 Å². The SMILES string of the molecule is CCc1nn(C)c(CNC2CCC(OC)C2)c1Br. The molecule has 0 aliphatic heterocycles. The Kier molecular flexibility index (Phi) is 4.81. The highest BCUT2D eigenvalue weighted by atomic mass is 79.9. The van der Waals surface area contributed by atoms with Crippen LogP contribution in [0.1, 0.15) is 37.6 Å². The molecule has 1 aromatic rings. The summed E-state index contributed by atoms with van der Waals surface area (Å²) in [5, 5.41) is 8.12. The number of aromatic nitrogens is 2. The summed E-state index contributed by atoms with van der Waals surface area (Å²) >= 11 is 3.65. The van der Waals surface area contributed by atoms with E-state index in [1.54, 1.807) is 7.11 Å². The molecule has 5 heteroatoms. The molecule has 1 aromatic heterocycles. The van der Waals surface area contributed by atoms with Crippen LogP contribution in [-0.4, -0.2) is 29.0 Å². The van der Waals surface area contributed by atoms with E-state index in [-0.39, 0.29) is 0 Å². The smallest absolute Gasteiger partial charge is 0.0767 e. The maximum Gasteiger partial charge on any atom is 0.0767 e. The molecule has 1 aliphatic carbocycles. The molecule has 102 valence electrons. The molecule has 0 saturated heterocycles. The van der Waals surface area contributed by atoms with Gasteiger partial charge in [-0.25, -0.2) is 0 Å². The number of methoxy groups -OCH3 is 1. The van der Waals surface area contributed by atoms with E-state index in [0.29, 0.717) is 12.1 Å². The van der Waals surface area contributed by atoms with Gasteiger partial charge in [-0.15, -0.1) is 0 Å². The molecule has 2 unspecified atom stereocenters. The average Bonchev–Trinajstić information content (AvgIpc) is 2.93. The van der Waals surface area contributed by atoms with Gasteiger partial charge in [0, 0.05) is 26.7 Å². The van der Waals surface area contributed by atoms with E-state index in [2.05, 4.69) is 33.3 Å². The fourth-order valence-electron chi connectivity index (χ4n) is 2.59. The molecule has 0 bridgehead atoms. The highest BCUT2D eigenvalue weighted by Crippen LogP contribution is 2.24. The van der Waals surface area contributed by atoms with Crippen molar-refractivity contribution in [2.45, 2.75) is 51.3 Å². The summed E-state index contributed by atoms with van der Waals surface area (Å²) in [6, 6.07) is 0.571. The standard InChI is InChI=1S/C13H22BrN3O/c1-4-11-13(14)12(17(2)16-11)8-15-9-5-6-10(7-9)18-3/h9-10,15H,4-8H2,1-3H3. The lowest BCUT2D eigenvalue weighted by atomic mass is 10.2. The van der Waals surface area contributed by atoms with Crippen molar-refractivity contribution in [3.8, 4) is 0 Å². The van der Waals surface area contributed by atoms with E-state index in [9.17, 15) is 0 Å². The van der Waals surface area contributed by atoms with Gasteiger partial charge in [0.25, 0.3) is 0 Å². The van der Waals surface area contributed by atoms with Crippen LogP contribution in [0.3, 0.4) is 0 Å². The summed E-state index contributed by atoms with van der Waals surface area (Å²) < 4.78 is 8.52. The van der Waals surface area contributed by atoms with Crippen LogP contribution < -0.4 is 5.32 Å². The number of nitrogens with one attached hydrogen (secondary N) is 1. The molecule has 1 heterocycles. The van der Waals surface area contributed by atoms with E-state index in [4.69, 9.17) is 4.74 Å².